The van der Waals surface area contributed by atoms with Gasteiger partial charge in [-0.25, -0.2) is 4.79 Å². The number of carbonyl (C=O) groups is 1. The van der Waals surface area contributed by atoms with Crippen molar-refractivity contribution >= 4 is 32.9 Å². The summed E-state index contributed by atoms with van der Waals surface area (Å²) in [5.74, 6) is -0.377. The van der Waals surface area contributed by atoms with Crippen molar-refractivity contribution in [3.63, 3.8) is 0 Å². The van der Waals surface area contributed by atoms with Crippen molar-refractivity contribution in [2.24, 2.45) is 0 Å². The van der Waals surface area contributed by atoms with Crippen LogP contribution in [-0.2, 0) is 0 Å². The molecule has 0 saturated heterocycles. The summed E-state index contributed by atoms with van der Waals surface area (Å²) in [6, 6.07) is 10.8. The molecule has 0 spiro atoms. The van der Waals surface area contributed by atoms with Gasteiger partial charge in [-0.3, -0.25) is 4.98 Å². The maximum atomic E-state index is 10.8. The van der Waals surface area contributed by atoms with Crippen molar-refractivity contribution in [2.45, 2.75) is 0 Å². The first-order valence-electron chi connectivity index (χ1n) is 5.52. The highest BCUT2D eigenvalue weighted by atomic mass is 79.9. The number of aromatic nitrogens is 1. The molecule has 0 unspecified atom stereocenters. The number of aromatic carboxylic acids is 1. The van der Waals surface area contributed by atoms with Crippen LogP contribution >= 0.6 is 15.9 Å². The third kappa shape index (κ3) is 2.24. The van der Waals surface area contributed by atoms with Crippen LogP contribution in [-0.4, -0.2) is 16.1 Å². The number of pyridine rings is 1. The van der Waals surface area contributed by atoms with Gasteiger partial charge >= 0.3 is 5.97 Å². The lowest BCUT2D eigenvalue weighted by Gasteiger charge is -1.96. The molecule has 0 aliphatic rings. The molecule has 3 rings (SSSR count). The Morgan fingerprint density at radius 1 is 1.21 bits per heavy atom. The number of hydrogen-bond donors (Lipinski definition) is 1. The molecule has 4 nitrogen and oxygen atoms in total. The molecule has 3 aromatic rings. The zero-order chi connectivity index (χ0) is 13.4. The molecule has 1 aromatic carbocycles. The van der Waals surface area contributed by atoms with Crippen LogP contribution in [0, 0.1) is 0 Å². The Bertz CT molecular complexity index is 762. The standard InChI is InChI=1S/C14H8BrNO3/c15-10-3-1-8-5-13(19-12(8)6-10)11-4-2-9(7-16-11)14(17)18/h1-7H,(H,17,18). The van der Waals surface area contributed by atoms with Gasteiger partial charge in [0.15, 0.2) is 5.76 Å². The number of rotatable bonds is 2. The van der Waals surface area contributed by atoms with Crippen molar-refractivity contribution < 1.29 is 14.3 Å². The number of halogens is 1. The van der Waals surface area contributed by atoms with Crippen LogP contribution in [0.15, 0.2) is 51.5 Å². The smallest absolute Gasteiger partial charge is 0.337 e. The minimum Gasteiger partial charge on any atom is -0.478 e. The zero-order valence-corrected chi connectivity index (χ0v) is 11.2. The quantitative estimate of drug-likeness (QED) is 0.777. The monoisotopic (exact) mass is 317 g/mol. The summed E-state index contributed by atoms with van der Waals surface area (Å²) in [7, 11) is 0. The molecule has 0 aliphatic heterocycles. The van der Waals surface area contributed by atoms with Crippen LogP contribution in [0.5, 0.6) is 0 Å². The van der Waals surface area contributed by atoms with E-state index in [2.05, 4.69) is 20.9 Å². The third-order valence-corrected chi connectivity index (χ3v) is 3.24. The number of fused-ring (bicyclic) bond motifs is 1. The minimum absolute atomic E-state index is 0.155. The molecule has 2 heterocycles. The second kappa shape index (κ2) is 4.51. The van der Waals surface area contributed by atoms with E-state index in [1.54, 1.807) is 6.07 Å². The zero-order valence-electron chi connectivity index (χ0n) is 9.63. The van der Waals surface area contributed by atoms with Crippen molar-refractivity contribution in [3.05, 3.63) is 52.6 Å². The first kappa shape index (κ1) is 11.9. The van der Waals surface area contributed by atoms with Gasteiger partial charge in [-0.05, 0) is 36.4 Å². The fourth-order valence-corrected chi connectivity index (χ4v) is 2.14. The fraction of sp³-hybridized carbons (Fsp3) is 0. The van der Waals surface area contributed by atoms with E-state index in [1.807, 2.05) is 24.3 Å². The molecule has 2 aromatic heterocycles. The average Bonchev–Trinajstić information content (AvgIpc) is 2.81. The van der Waals surface area contributed by atoms with Crippen LogP contribution in [0.4, 0.5) is 0 Å². The number of carboxylic acids is 1. The number of hydrogen-bond acceptors (Lipinski definition) is 3. The second-order valence-corrected chi connectivity index (χ2v) is 4.95. The van der Waals surface area contributed by atoms with Crippen LogP contribution in [0.25, 0.3) is 22.4 Å². The topological polar surface area (TPSA) is 63.3 Å². The molecule has 19 heavy (non-hydrogen) atoms. The van der Waals surface area contributed by atoms with E-state index < -0.39 is 5.97 Å². The molecule has 0 aliphatic carbocycles. The molecular formula is C14H8BrNO3. The summed E-state index contributed by atoms with van der Waals surface area (Å²) in [4.78, 5) is 14.9. The second-order valence-electron chi connectivity index (χ2n) is 4.03. The lowest BCUT2D eigenvalue weighted by Crippen LogP contribution is -1.96. The highest BCUT2D eigenvalue weighted by Crippen LogP contribution is 2.28. The number of carboxylic acid groups (broad SMARTS) is 1. The SMILES string of the molecule is O=C(O)c1ccc(-c2cc3ccc(Br)cc3o2)nc1. The first-order valence-corrected chi connectivity index (χ1v) is 6.31. The highest BCUT2D eigenvalue weighted by Gasteiger charge is 2.09. The van der Waals surface area contributed by atoms with Crippen LogP contribution in [0.2, 0.25) is 0 Å². The summed E-state index contributed by atoms with van der Waals surface area (Å²) in [6.45, 7) is 0. The normalized spacial score (nSPS) is 10.8. The van der Waals surface area contributed by atoms with Gasteiger partial charge in [-0.15, -0.1) is 0 Å². The van der Waals surface area contributed by atoms with Gasteiger partial charge in [-0.1, -0.05) is 15.9 Å². The van der Waals surface area contributed by atoms with E-state index in [0.717, 1.165) is 15.4 Å². The van der Waals surface area contributed by atoms with Crippen LogP contribution in [0.1, 0.15) is 10.4 Å². The summed E-state index contributed by atoms with van der Waals surface area (Å²) in [5, 5.41) is 9.80. The number of nitrogens with zero attached hydrogens (tertiary/aromatic N) is 1. The molecule has 1 N–H and O–H groups in total. The first-order chi connectivity index (χ1) is 9.13. The highest BCUT2D eigenvalue weighted by molar-refractivity contribution is 9.10. The Labute approximate surface area is 116 Å². The fourth-order valence-electron chi connectivity index (χ4n) is 1.80. The summed E-state index contributed by atoms with van der Waals surface area (Å²) < 4.78 is 6.64. The Balaban J connectivity index is 2.06. The summed E-state index contributed by atoms with van der Waals surface area (Å²) >= 11 is 3.38. The Kier molecular flexibility index (Phi) is 2.83. The lowest BCUT2D eigenvalue weighted by molar-refractivity contribution is 0.0696. The predicted molar refractivity (Wildman–Crippen MR) is 74.1 cm³/mol. The molecular weight excluding hydrogens is 310 g/mol. The van der Waals surface area contributed by atoms with Gasteiger partial charge in [-0.2, -0.15) is 0 Å². The van der Waals surface area contributed by atoms with Gasteiger partial charge in [0.2, 0.25) is 0 Å². The summed E-state index contributed by atoms with van der Waals surface area (Å²) in [5.41, 5.74) is 1.52. The van der Waals surface area contributed by atoms with Crippen molar-refractivity contribution in [1.29, 1.82) is 0 Å². The maximum absolute atomic E-state index is 10.8. The maximum Gasteiger partial charge on any atom is 0.337 e. The Morgan fingerprint density at radius 2 is 2.05 bits per heavy atom. The van der Waals surface area contributed by atoms with E-state index in [9.17, 15) is 4.79 Å². The Hall–Kier alpha value is -2.14. The molecule has 0 radical (unpaired) electrons. The van der Waals surface area contributed by atoms with Crippen LogP contribution < -0.4 is 0 Å². The van der Waals surface area contributed by atoms with Gasteiger partial charge in [0.25, 0.3) is 0 Å². The van der Waals surface area contributed by atoms with Gasteiger partial charge in [0, 0.05) is 16.1 Å². The van der Waals surface area contributed by atoms with Crippen LogP contribution in [0.3, 0.4) is 0 Å². The largest absolute Gasteiger partial charge is 0.478 e. The van der Waals surface area contributed by atoms with E-state index in [4.69, 9.17) is 9.52 Å². The minimum atomic E-state index is -0.993. The molecule has 0 saturated carbocycles. The van der Waals surface area contributed by atoms with Crippen molar-refractivity contribution in [1.82, 2.24) is 4.98 Å². The van der Waals surface area contributed by atoms with Gasteiger partial charge in [0.1, 0.15) is 11.3 Å². The molecule has 5 heteroatoms. The van der Waals surface area contributed by atoms with Gasteiger partial charge in [0.05, 0.1) is 5.56 Å². The van der Waals surface area contributed by atoms with E-state index >= 15 is 0 Å². The predicted octanol–water partition coefficient (Wildman–Crippen LogP) is 3.96. The third-order valence-electron chi connectivity index (χ3n) is 2.75. The van der Waals surface area contributed by atoms with E-state index in [1.165, 1.54) is 12.3 Å². The van der Waals surface area contributed by atoms with Crippen molar-refractivity contribution in [2.75, 3.05) is 0 Å². The molecule has 0 atom stereocenters. The number of benzene rings is 1. The average molecular weight is 318 g/mol. The molecule has 0 fully saturated rings. The molecule has 0 bridgehead atoms. The van der Waals surface area contributed by atoms with Gasteiger partial charge < -0.3 is 9.52 Å². The molecule has 0 amide bonds. The van der Waals surface area contributed by atoms with E-state index in [-0.39, 0.29) is 5.56 Å². The number of furan rings is 1. The van der Waals surface area contributed by atoms with E-state index in [0.29, 0.717) is 11.5 Å². The summed E-state index contributed by atoms with van der Waals surface area (Å²) in [6.07, 6.45) is 1.32. The van der Waals surface area contributed by atoms with Crippen molar-refractivity contribution in [3.8, 4) is 11.5 Å². The lowest BCUT2D eigenvalue weighted by atomic mass is 10.2. The molecule has 94 valence electrons. The Morgan fingerprint density at radius 3 is 2.74 bits per heavy atom.